The van der Waals surface area contributed by atoms with E-state index in [9.17, 15) is 4.79 Å². The first-order valence-electron chi connectivity index (χ1n) is 5.28. The largest absolute Gasteiger partial charge is 0.478 e. The van der Waals surface area contributed by atoms with Crippen molar-refractivity contribution in [2.75, 3.05) is 0 Å². The van der Waals surface area contributed by atoms with E-state index in [1.54, 1.807) is 6.08 Å². The summed E-state index contributed by atoms with van der Waals surface area (Å²) in [5.74, 6) is -0.849. The highest BCUT2D eigenvalue weighted by Crippen LogP contribution is 2.06. The highest BCUT2D eigenvalue weighted by molar-refractivity contribution is 5.79. The van der Waals surface area contributed by atoms with Crippen LogP contribution in [0.25, 0.3) is 0 Å². The van der Waals surface area contributed by atoms with Gasteiger partial charge >= 0.3 is 5.97 Å². The van der Waals surface area contributed by atoms with Crippen molar-refractivity contribution in [3.05, 3.63) is 24.3 Å². The highest BCUT2D eigenvalue weighted by Gasteiger charge is 1.88. The first-order chi connectivity index (χ1) is 6.77. The third-order valence-corrected chi connectivity index (χ3v) is 1.99. The maximum Gasteiger partial charge on any atom is 0.327 e. The van der Waals surface area contributed by atoms with Gasteiger partial charge in [0, 0.05) is 6.08 Å². The Morgan fingerprint density at radius 3 is 2.14 bits per heavy atom. The molecule has 0 saturated carbocycles. The molecule has 80 valence electrons. The molecule has 0 amide bonds. The van der Waals surface area contributed by atoms with E-state index in [0.717, 1.165) is 12.8 Å². The fourth-order valence-electron chi connectivity index (χ4n) is 1.23. The van der Waals surface area contributed by atoms with Crippen LogP contribution in [0, 0.1) is 0 Å². The third-order valence-electron chi connectivity index (χ3n) is 1.99. The van der Waals surface area contributed by atoms with Gasteiger partial charge in [-0.15, -0.1) is 0 Å². The Kier molecular flexibility index (Phi) is 9.28. The summed E-state index contributed by atoms with van der Waals surface area (Å²) in [5, 5.41) is 8.32. The highest BCUT2D eigenvalue weighted by atomic mass is 16.4. The molecule has 0 saturated heterocycles. The summed E-state index contributed by atoms with van der Waals surface area (Å²) >= 11 is 0. The van der Waals surface area contributed by atoms with Crippen molar-refractivity contribution in [2.45, 2.75) is 45.4 Å². The Balaban J connectivity index is 3.10. The Bertz CT molecular complexity index is 192. The zero-order valence-electron chi connectivity index (χ0n) is 8.91. The second-order valence-electron chi connectivity index (χ2n) is 3.30. The van der Waals surface area contributed by atoms with E-state index in [4.69, 9.17) is 5.11 Å². The van der Waals surface area contributed by atoms with Gasteiger partial charge < -0.3 is 5.11 Å². The molecule has 0 rings (SSSR count). The van der Waals surface area contributed by atoms with Crippen molar-refractivity contribution in [2.24, 2.45) is 0 Å². The lowest BCUT2D eigenvalue weighted by Gasteiger charge is -1.96. The lowest BCUT2D eigenvalue weighted by molar-refractivity contribution is -0.131. The Hall–Kier alpha value is -1.05. The van der Waals surface area contributed by atoms with E-state index in [0.29, 0.717) is 0 Å². The second kappa shape index (κ2) is 10.0. The normalized spacial score (nSPS) is 11.5. The number of hydrogen-bond donors (Lipinski definition) is 1. The lowest BCUT2D eigenvalue weighted by Crippen LogP contribution is -1.85. The molecule has 1 N–H and O–H groups in total. The van der Waals surface area contributed by atoms with Crippen LogP contribution in [-0.4, -0.2) is 11.1 Å². The van der Waals surface area contributed by atoms with Crippen LogP contribution >= 0.6 is 0 Å². The molecule has 14 heavy (non-hydrogen) atoms. The number of hydrogen-bond acceptors (Lipinski definition) is 1. The molecule has 0 aromatic rings. The maximum atomic E-state index is 10.1. The molecule has 0 aliphatic rings. The summed E-state index contributed by atoms with van der Waals surface area (Å²) in [7, 11) is 0. The van der Waals surface area contributed by atoms with Crippen molar-refractivity contribution in [1.29, 1.82) is 0 Å². The van der Waals surface area contributed by atoms with Crippen LogP contribution in [0.1, 0.15) is 45.4 Å². The summed E-state index contributed by atoms with van der Waals surface area (Å²) in [6.45, 7) is 2.04. The van der Waals surface area contributed by atoms with Crippen LogP contribution in [0.4, 0.5) is 0 Å². The molecule has 0 aromatic carbocycles. The van der Waals surface area contributed by atoms with Crippen molar-refractivity contribution < 1.29 is 9.90 Å². The molecule has 0 atom stereocenters. The zero-order valence-corrected chi connectivity index (χ0v) is 8.91. The first kappa shape index (κ1) is 12.9. The number of carboxylic acids is 1. The quantitative estimate of drug-likeness (QED) is 0.366. The van der Waals surface area contributed by atoms with Crippen LogP contribution in [-0.2, 0) is 4.79 Å². The molecule has 0 heterocycles. The Morgan fingerprint density at radius 1 is 1.07 bits per heavy atom. The molecule has 0 bridgehead atoms. The summed E-state index contributed by atoms with van der Waals surface area (Å²) in [6, 6.07) is 0. The molecule has 0 aromatic heterocycles. The van der Waals surface area contributed by atoms with Gasteiger partial charge in [0.2, 0.25) is 0 Å². The minimum atomic E-state index is -0.849. The van der Waals surface area contributed by atoms with Gasteiger partial charge in [0.25, 0.3) is 0 Å². The SMILES string of the molecule is C/C=C\CCCCCCC=CC(=O)O. The zero-order chi connectivity index (χ0) is 10.6. The molecule has 0 fully saturated rings. The van der Waals surface area contributed by atoms with Gasteiger partial charge in [0.1, 0.15) is 0 Å². The van der Waals surface area contributed by atoms with E-state index in [1.807, 2.05) is 6.92 Å². The standard InChI is InChI=1S/C12H20O2/c1-2-3-4-5-6-7-8-9-10-11-12(13)14/h2-3,10-11H,4-9H2,1H3,(H,13,14)/b3-2-,11-10?. The van der Waals surface area contributed by atoms with Gasteiger partial charge in [0.15, 0.2) is 0 Å². The number of carboxylic acid groups (broad SMARTS) is 1. The predicted octanol–water partition coefficient (Wildman–Crippen LogP) is 3.54. The van der Waals surface area contributed by atoms with Crippen molar-refractivity contribution >= 4 is 5.97 Å². The van der Waals surface area contributed by atoms with Gasteiger partial charge in [0.05, 0.1) is 0 Å². The molecule has 2 heteroatoms. The Labute approximate surface area is 86.3 Å². The van der Waals surface area contributed by atoms with Crippen LogP contribution < -0.4 is 0 Å². The predicted molar refractivity (Wildman–Crippen MR) is 59.3 cm³/mol. The maximum absolute atomic E-state index is 10.1. The molecule has 0 unspecified atom stereocenters. The van der Waals surface area contributed by atoms with Crippen molar-refractivity contribution in [3.63, 3.8) is 0 Å². The van der Waals surface area contributed by atoms with Crippen LogP contribution in [0.5, 0.6) is 0 Å². The molecule has 2 nitrogen and oxygen atoms in total. The summed E-state index contributed by atoms with van der Waals surface area (Å²) in [5.41, 5.74) is 0. The molecular weight excluding hydrogens is 176 g/mol. The van der Waals surface area contributed by atoms with Gasteiger partial charge in [-0.3, -0.25) is 0 Å². The number of allylic oxidation sites excluding steroid dienone is 3. The van der Waals surface area contributed by atoms with Crippen LogP contribution in [0.2, 0.25) is 0 Å². The van der Waals surface area contributed by atoms with E-state index in [-0.39, 0.29) is 0 Å². The van der Waals surface area contributed by atoms with E-state index in [1.165, 1.54) is 31.8 Å². The lowest BCUT2D eigenvalue weighted by atomic mass is 10.1. The van der Waals surface area contributed by atoms with Gasteiger partial charge in [-0.2, -0.15) is 0 Å². The van der Waals surface area contributed by atoms with Crippen LogP contribution in [0.15, 0.2) is 24.3 Å². The van der Waals surface area contributed by atoms with Gasteiger partial charge in [-0.25, -0.2) is 4.79 Å². The summed E-state index contributed by atoms with van der Waals surface area (Å²) in [6.07, 6.45) is 14.0. The minimum absolute atomic E-state index is 0.849. The van der Waals surface area contributed by atoms with Crippen LogP contribution in [0.3, 0.4) is 0 Å². The number of aliphatic carboxylic acids is 1. The molecule has 0 aliphatic carbocycles. The van der Waals surface area contributed by atoms with Gasteiger partial charge in [-0.05, 0) is 32.6 Å². The summed E-state index contributed by atoms with van der Waals surface area (Å²) < 4.78 is 0. The van der Waals surface area contributed by atoms with Crippen molar-refractivity contribution in [3.8, 4) is 0 Å². The fourth-order valence-corrected chi connectivity index (χ4v) is 1.23. The summed E-state index contributed by atoms with van der Waals surface area (Å²) in [4.78, 5) is 10.1. The van der Waals surface area contributed by atoms with Gasteiger partial charge in [-0.1, -0.05) is 31.1 Å². The third kappa shape index (κ3) is 11.0. The first-order valence-corrected chi connectivity index (χ1v) is 5.28. The fraction of sp³-hybridized carbons (Fsp3) is 0.583. The molecule has 0 spiro atoms. The average molecular weight is 196 g/mol. The monoisotopic (exact) mass is 196 g/mol. The van der Waals surface area contributed by atoms with E-state index in [2.05, 4.69) is 12.2 Å². The van der Waals surface area contributed by atoms with E-state index < -0.39 is 5.97 Å². The average Bonchev–Trinajstić information content (AvgIpc) is 2.15. The molecule has 0 aliphatic heterocycles. The smallest absolute Gasteiger partial charge is 0.327 e. The minimum Gasteiger partial charge on any atom is -0.478 e. The number of carbonyl (C=O) groups is 1. The topological polar surface area (TPSA) is 37.3 Å². The Morgan fingerprint density at radius 2 is 1.64 bits per heavy atom. The molecular formula is C12H20O2. The van der Waals surface area contributed by atoms with E-state index >= 15 is 0 Å². The molecule has 0 radical (unpaired) electrons. The number of rotatable bonds is 8. The number of unbranched alkanes of at least 4 members (excludes halogenated alkanes) is 5. The second-order valence-corrected chi connectivity index (χ2v) is 3.30. The van der Waals surface area contributed by atoms with Crippen molar-refractivity contribution in [1.82, 2.24) is 0 Å².